The molecule has 0 bridgehead atoms. The number of alkyl halides is 3. The van der Waals surface area contributed by atoms with Crippen LogP contribution < -0.4 is 10.1 Å². The van der Waals surface area contributed by atoms with Gasteiger partial charge in [-0.25, -0.2) is 15.0 Å². The van der Waals surface area contributed by atoms with Crippen LogP contribution in [0.1, 0.15) is 78.1 Å². The Morgan fingerprint density at radius 3 is 2.54 bits per heavy atom. The zero-order chi connectivity index (χ0) is 26.4. The van der Waals surface area contributed by atoms with Crippen molar-refractivity contribution in [2.24, 2.45) is 0 Å². The predicted octanol–water partition coefficient (Wildman–Crippen LogP) is 6.18. The second-order valence-corrected chi connectivity index (χ2v) is 9.94. The number of carbonyl (C=O) groups excluding carboxylic acids is 1. The van der Waals surface area contributed by atoms with Gasteiger partial charge in [0.2, 0.25) is 5.82 Å². The van der Waals surface area contributed by atoms with Gasteiger partial charge in [-0.3, -0.25) is 4.79 Å². The molecule has 0 spiro atoms. The van der Waals surface area contributed by atoms with E-state index in [4.69, 9.17) is 9.47 Å². The Balaban J connectivity index is 1.52. The van der Waals surface area contributed by atoms with E-state index in [1.165, 1.54) is 24.1 Å². The number of hydrogen-bond donors (Lipinski definition) is 1. The fourth-order valence-corrected chi connectivity index (χ4v) is 4.88. The van der Waals surface area contributed by atoms with Crippen LogP contribution in [0.3, 0.4) is 0 Å². The van der Waals surface area contributed by atoms with Crippen molar-refractivity contribution >= 4 is 17.2 Å². The molecule has 37 heavy (non-hydrogen) atoms. The Morgan fingerprint density at radius 2 is 1.89 bits per heavy atom. The maximum atomic E-state index is 13.1. The van der Waals surface area contributed by atoms with Gasteiger partial charge in [-0.2, -0.15) is 13.2 Å². The van der Waals surface area contributed by atoms with Gasteiger partial charge in [-0.05, 0) is 50.8 Å². The molecule has 3 aromatic rings. The molecule has 1 saturated carbocycles. The highest BCUT2D eigenvalue weighted by atomic mass is 32.1. The lowest BCUT2D eigenvalue weighted by Crippen LogP contribution is -2.27. The molecule has 0 unspecified atom stereocenters. The van der Waals surface area contributed by atoms with Gasteiger partial charge in [0.05, 0.1) is 12.6 Å². The minimum absolute atomic E-state index is 0.356. The Bertz CT molecular complexity index is 1200. The van der Waals surface area contributed by atoms with Crippen LogP contribution in [0.4, 0.5) is 13.2 Å². The number of thiazole rings is 1. The summed E-state index contributed by atoms with van der Waals surface area (Å²) in [6.45, 7) is 5.22. The monoisotopic (exact) mass is 534 g/mol. The lowest BCUT2D eigenvalue weighted by molar-refractivity contribution is -0.145. The zero-order valence-electron chi connectivity index (χ0n) is 20.7. The van der Waals surface area contributed by atoms with Gasteiger partial charge in [0.25, 0.3) is 5.91 Å². The van der Waals surface area contributed by atoms with Crippen molar-refractivity contribution in [3.63, 3.8) is 0 Å². The molecular weight excluding hydrogens is 505 g/mol. The quantitative estimate of drug-likeness (QED) is 0.296. The van der Waals surface area contributed by atoms with E-state index in [2.05, 4.69) is 20.3 Å². The van der Waals surface area contributed by atoms with Gasteiger partial charge in [0, 0.05) is 59.8 Å². The molecule has 1 aromatic carbocycles. The van der Waals surface area contributed by atoms with Crippen LogP contribution in [0.15, 0.2) is 36.8 Å². The summed E-state index contributed by atoms with van der Waals surface area (Å²) in [5.74, 6) is -0.536. The molecule has 0 aliphatic heterocycles. The summed E-state index contributed by atoms with van der Waals surface area (Å²) in [5.41, 5.74) is 1.49. The van der Waals surface area contributed by atoms with Crippen LogP contribution in [0.2, 0.25) is 0 Å². The normalized spacial score (nSPS) is 14.7. The van der Waals surface area contributed by atoms with Gasteiger partial charge in [0.15, 0.2) is 0 Å². The number of ether oxygens (including phenoxy) is 2. The summed E-state index contributed by atoms with van der Waals surface area (Å²) in [6.07, 6.45) is 3.70. The van der Waals surface area contributed by atoms with Gasteiger partial charge in [-0.1, -0.05) is 6.42 Å². The molecule has 7 nitrogen and oxygen atoms in total. The number of benzene rings is 1. The van der Waals surface area contributed by atoms with Gasteiger partial charge >= 0.3 is 6.18 Å². The number of hydrogen-bond acceptors (Lipinski definition) is 7. The first-order chi connectivity index (χ1) is 17.7. The molecule has 11 heteroatoms. The number of carbonyl (C=O) groups is 1. The molecule has 2 heterocycles. The summed E-state index contributed by atoms with van der Waals surface area (Å²) in [4.78, 5) is 25.7. The Kier molecular flexibility index (Phi) is 8.75. The number of rotatable bonds is 11. The number of nitrogens with one attached hydrogen (secondary N) is 1. The van der Waals surface area contributed by atoms with Crippen molar-refractivity contribution in [3.05, 3.63) is 58.6 Å². The molecule has 2 aromatic heterocycles. The van der Waals surface area contributed by atoms with Crippen molar-refractivity contribution in [2.45, 2.75) is 57.7 Å². The van der Waals surface area contributed by atoms with Crippen LogP contribution in [0, 0.1) is 0 Å². The first-order valence-corrected chi connectivity index (χ1v) is 13.1. The highest BCUT2D eigenvalue weighted by molar-refractivity contribution is 7.15. The van der Waals surface area contributed by atoms with E-state index in [9.17, 15) is 18.0 Å². The summed E-state index contributed by atoms with van der Waals surface area (Å²) in [5, 5.41) is 3.61. The Morgan fingerprint density at radius 1 is 1.14 bits per heavy atom. The third kappa shape index (κ3) is 7.04. The molecule has 1 amide bonds. The van der Waals surface area contributed by atoms with E-state index < -0.39 is 23.9 Å². The maximum absolute atomic E-state index is 13.1. The van der Waals surface area contributed by atoms with Crippen molar-refractivity contribution in [1.29, 1.82) is 0 Å². The van der Waals surface area contributed by atoms with Gasteiger partial charge in [-0.15, -0.1) is 11.3 Å². The fraction of sp³-hybridized carbons (Fsp3) is 0.462. The SMILES string of the molecule is CCOCCCOc1cc(C(=O)N[C@H](C)c2cnc(C(F)(F)F)nc2)cc(-c2ncc(C3CCC3)s2)c1. The van der Waals surface area contributed by atoms with E-state index in [0.717, 1.165) is 23.0 Å². The number of halogens is 3. The average Bonchev–Trinajstić information content (AvgIpc) is 3.31. The third-order valence-electron chi connectivity index (χ3n) is 6.13. The van der Waals surface area contributed by atoms with E-state index in [-0.39, 0.29) is 0 Å². The summed E-state index contributed by atoms with van der Waals surface area (Å²) in [6, 6.07) is 4.66. The number of nitrogens with zero attached hydrogens (tertiary/aromatic N) is 3. The van der Waals surface area contributed by atoms with Crippen LogP contribution in [0.5, 0.6) is 5.75 Å². The molecule has 1 N–H and O–H groups in total. The number of amides is 1. The minimum atomic E-state index is -4.63. The minimum Gasteiger partial charge on any atom is -0.493 e. The molecule has 4 rings (SSSR count). The molecule has 1 aliphatic rings. The van der Waals surface area contributed by atoms with Crippen LogP contribution >= 0.6 is 11.3 Å². The molecule has 198 valence electrons. The summed E-state index contributed by atoms with van der Waals surface area (Å²) in [7, 11) is 0. The van der Waals surface area contributed by atoms with Crippen molar-refractivity contribution in [1.82, 2.24) is 20.3 Å². The Labute approximate surface area is 217 Å². The van der Waals surface area contributed by atoms with Gasteiger partial charge in [0.1, 0.15) is 10.8 Å². The lowest BCUT2D eigenvalue weighted by Gasteiger charge is -2.23. The summed E-state index contributed by atoms with van der Waals surface area (Å²) >= 11 is 1.62. The van der Waals surface area contributed by atoms with E-state index in [0.29, 0.717) is 49.0 Å². The average molecular weight is 535 g/mol. The lowest BCUT2D eigenvalue weighted by atomic mass is 9.85. The second-order valence-electron chi connectivity index (χ2n) is 8.87. The molecule has 0 saturated heterocycles. The Hall–Kier alpha value is -3.05. The van der Waals surface area contributed by atoms with Gasteiger partial charge < -0.3 is 14.8 Å². The highest BCUT2D eigenvalue weighted by Crippen LogP contribution is 2.41. The van der Waals surface area contributed by atoms with Crippen molar-refractivity contribution in [2.75, 3.05) is 19.8 Å². The van der Waals surface area contributed by atoms with E-state index >= 15 is 0 Å². The van der Waals surface area contributed by atoms with Crippen molar-refractivity contribution < 1.29 is 27.4 Å². The second kappa shape index (κ2) is 12.0. The zero-order valence-corrected chi connectivity index (χ0v) is 21.5. The third-order valence-corrected chi connectivity index (χ3v) is 7.33. The largest absolute Gasteiger partial charge is 0.493 e. The smallest absolute Gasteiger partial charge is 0.451 e. The topological polar surface area (TPSA) is 86.2 Å². The summed E-state index contributed by atoms with van der Waals surface area (Å²) < 4.78 is 49.6. The molecule has 0 radical (unpaired) electrons. The van der Waals surface area contributed by atoms with Crippen LogP contribution in [-0.2, 0) is 10.9 Å². The highest BCUT2D eigenvalue weighted by Gasteiger charge is 2.34. The van der Waals surface area contributed by atoms with Crippen molar-refractivity contribution in [3.8, 4) is 16.3 Å². The van der Waals surface area contributed by atoms with Crippen LogP contribution in [-0.4, -0.2) is 40.7 Å². The fourth-order valence-electron chi connectivity index (χ4n) is 3.81. The van der Waals surface area contributed by atoms with E-state index in [1.807, 2.05) is 19.2 Å². The molecule has 1 atom stereocenters. The molecular formula is C26H29F3N4O3S. The standard InChI is InChI=1S/C26H29F3N4O3S/c1-3-35-8-5-9-36-21-11-18(10-19(12-21)24-30-15-22(37-24)17-6-4-7-17)23(34)33-16(2)20-13-31-25(32-14-20)26(27,28)29/h10-17H,3-9H2,1-2H3,(H,33,34)/t16-/m1/s1. The maximum Gasteiger partial charge on any atom is 0.451 e. The van der Waals surface area contributed by atoms with Crippen LogP contribution in [0.25, 0.3) is 10.6 Å². The molecule has 1 fully saturated rings. The first-order valence-electron chi connectivity index (χ1n) is 12.3. The van der Waals surface area contributed by atoms with E-state index in [1.54, 1.807) is 30.4 Å². The first kappa shape index (κ1) is 27.0. The molecule has 1 aliphatic carbocycles. The predicted molar refractivity (Wildman–Crippen MR) is 134 cm³/mol. The number of aromatic nitrogens is 3.